The van der Waals surface area contributed by atoms with Gasteiger partial charge in [0.05, 0.1) is 17.2 Å². The standard InChI is InChI=1S/C22H20N4O2S/c1-26-12-11-23-20(26)19-18(16-8-4-3-5-9-16)24-22(29-19)25-21(27)17-10-6-7-15(13-17)14-28-2/h3-13H,14H2,1-2H3,(H,24,25,27). The zero-order valence-electron chi connectivity index (χ0n) is 16.1. The molecule has 29 heavy (non-hydrogen) atoms. The summed E-state index contributed by atoms with van der Waals surface area (Å²) in [6.07, 6.45) is 3.65. The van der Waals surface area contributed by atoms with Crippen LogP contribution in [-0.4, -0.2) is 27.6 Å². The highest BCUT2D eigenvalue weighted by atomic mass is 32.1. The number of ether oxygens (including phenoxy) is 1. The summed E-state index contributed by atoms with van der Waals surface area (Å²) >= 11 is 1.41. The normalized spacial score (nSPS) is 10.8. The lowest BCUT2D eigenvalue weighted by molar-refractivity contribution is 0.102. The number of carbonyl (C=O) groups excluding carboxylic acids is 1. The van der Waals surface area contributed by atoms with Gasteiger partial charge in [0.1, 0.15) is 0 Å². The maximum atomic E-state index is 12.8. The Morgan fingerprint density at radius 2 is 2.00 bits per heavy atom. The van der Waals surface area contributed by atoms with E-state index >= 15 is 0 Å². The van der Waals surface area contributed by atoms with E-state index in [1.54, 1.807) is 19.4 Å². The molecule has 0 aliphatic heterocycles. The second kappa shape index (κ2) is 8.38. The average molecular weight is 404 g/mol. The molecule has 0 atom stereocenters. The first-order valence-corrected chi connectivity index (χ1v) is 9.90. The molecule has 2 heterocycles. The van der Waals surface area contributed by atoms with E-state index in [1.807, 2.05) is 66.3 Å². The molecule has 6 nitrogen and oxygen atoms in total. The highest BCUT2D eigenvalue weighted by Gasteiger charge is 2.19. The lowest BCUT2D eigenvalue weighted by atomic mass is 10.1. The first-order valence-electron chi connectivity index (χ1n) is 9.09. The van der Waals surface area contributed by atoms with Gasteiger partial charge in [-0.25, -0.2) is 9.97 Å². The van der Waals surface area contributed by atoms with Crippen LogP contribution in [0.15, 0.2) is 67.0 Å². The van der Waals surface area contributed by atoms with Crippen molar-refractivity contribution in [2.24, 2.45) is 7.05 Å². The van der Waals surface area contributed by atoms with Crippen LogP contribution in [0.3, 0.4) is 0 Å². The highest BCUT2D eigenvalue weighted by Crippen LogP contribution is 2.38. The third kappa shape index (κ3) is 4.11. The number of amides is 1. The summed E-state index contributed by atoms with van der Waals surface area (Å²) in [5.41, 5.74) is 3.28. The van der Waals surface area contributed by atoms with Crippen LogP contribution in [-0.2, 0) is 18.4 Å². The fraction of sp³-hybridized carbons (Fsp3) is 0.136. The van der Waals surface area contributed by atoms with Gasteiger partial charge in [-0.2, -0.15) is 0 Å². The summed E-state index contributed by atoms with van der Waals surface area (Å²) in [5.74, 6) is 0.603. The molecule has 0 saturated carbocycles. The van der Waals surface area contributed by atoms with Crippen LogP contribution in [0.1, 0.15) is 15.9 Å². The summed E-state index contributed by atoms with van der Waals surface area (Å²) < 4.78 is 7.09. The quantitative estimate of drug-likeness (QED) is 0.510. The van der Waals surface area contributed by atoms with Crippen molar-refractivity contribution in [2.45, 2.75) is 6.61 Å². The molecule has 7 heteroatoms. The first kappa shape index (κ1) is 19.0. The Morgan fingerprint density at radius 1 is 1.17 bits per heavy atom. The van der Waals surface area contributed by atoms with Crippen molar-refractivity contribution in [3.05, 3.63) is 78.1 Å². The van der Waals surface area contributed by atoms with Gasteiger partial charge in [-0.15, -0.1) is 0 Å². The largest absolute Gasteiger partial charge is 0.380 e. The molecular formula is C22H20N4O2S. The van der Waals surface area contributed by atoms with Gasteiger partial charge in [-0.1, -0.05) is 53.8 Å². The zero-order valence-corrected chi connectivity index (χ0v) is 16.9. The smallest absolute Gasteiger partial charge is 0.257 e. The third-order valence-corrected chi connectivity index (χ3v) is 5.39. The highest BCUT2D eigenvalue weighted by molar-refractivity contribution is 7.19. The summed E-state index contributed by atoms with van der Waals surface area (Å²) in [5, 5.41) is 3.46. The van der Waals surface area contributed by atoms with Gasteiger partial charge in [0, 0.05) is 37.7 Å². The Bertz CT molecular complexity index is 1130. The van der Waals surface area contributed by atoms with E-state index in [2.05, 4.69) is 10.3 Å². The van der Waals surface area contributed by atoms with Crippen molar-refractivity contribution in [1.82, 2.24) is 14.5 Å². The number of imidazole rings is 1. The monoisotopic (exact) mass is 404 g/mol. The number of aromatic nitrogens is 3. The van der Waals surface area contributed by atoms with Crippen molar-refractivity contribution in [1.29, 1.82) is 0 Å². The SMILES string of the molecule is COCc1cccc(C(=O)Nc2nc(-c3ccccc3)c(-c3nccn3C)s2)c1. The van der Waals surface area contributed by atoms with Gasteiger partial charge in [0.25, 0.3) is 5.91 Å². The van der Waals surface area contributed by atoms with Crippen LogP contribution in [0.5, 0.6) is 0 Å². The number of benzene rings is 2. The number of hydrogen-bond acceptors (Lipinski definition) is 5. The molecule has 4 rings (SSSR count). The molecule has 0 spiro atoms. The van der Waals surface area contributed by atoms with E-state index in [1.165, 1.54) is 11.3 Å². The summed E-state index contributed by atoms with van der Waals surface area (Å²) in [6, 6.07) is 17.3. The Kier molecular flexibility index (Phi) is 5.50. The predicted molar refractivity (Wildman–Crippen MR) is 115 cm³/mol. The Balaban J connectivity index is 1.68. The molecule has 0 bridgehead atoms. The van der Waals surface area contributed by atoms with Crippen molar-refractivity contribution in [3.63, 3.8) is 0 Å². The lowest BCUT2D eigenvalue weighted by Gasteiger charge is -2.04. The van der Waals surface area contributed by atoms with Crippen molar-refractivity contribution in [2.75, 3.05) is 12.4 Å². The van der Waals surface area contributed by atoms with Gasteiger partial charge in [0.2, 0.25) is 0 Å². The number of anilines is 1. The van der Waals surface area contributed by atoms with Gasteiger partial charge >= 0.3 is 0 Å². The molecule has 0 aliphatic rings. The summed E-state index contributed by atoms with van der Waals surface area (Å²) in [4.78, 5) is 22.9. The number of rotatable bonds is 6. The maximum absolute atomic E-state index is 12.8. The van der Waals surface area contributed by atoms with E-state index in [0.717, 1.165) is 27.5 Å². The fourth-order valence-corrected chi connectivity index (χ4v) is 4.06. The molecule has 1 amide bonds. The number of nitrogens with one attached hydrogen (secondary N) is 1. The predicted octanol–water partition coefficient (Wildman–Crippen LogP) is 4.61. The molecule has 2 aromatic heterocycles. The molecular weight excluding hydrogens is 384 g/mol. The van der Waals surface area contributed by atoms with Crippen molar-refractivity contribution in [3.8, 4) is 22.0 Å². The number of methoxy groups -OCH3 is 1. The average Bonchev–Trinajstić information content (AvgIpc) is 3.35. The van der Waals surface area contributed by atoms with E-state index in [4.69, 9.17) is 9.72 Å². The van der Waals surface area contributed by atoms with Crippen LogP contribution in [0, 0.1) is 0 Å². The van der Waals surface area contributed by atoms with Gasteiger partial charge in [-0.05, 0) is 17.7 Å². The summed E-state index contributed by atoms with van der Waals surface area (Å²) in [6.45, 7) is 0.458. The van der Waals surface area contributed by atoms with Gasteiger partial charge in [0.15, 0.2) is 11.0 Å². The van der Waals surface area contributed by atoms with E-state index in [-0.39, 0.29) is 5.91 Å². The minimum Gasteiger partial charge on any atom is -0.380 e. The molecule has 0 radical (unpaired) electrons. The molecule has 146 valence electrons. The maximum Gasteiger partial charge on any atom is 0.257 e. The molecule has 1 N–H and O–H groups in total. The second-order valence-electron chi connectivity index (χ2n) is 6.51. The molecule has 0 saturated heterocycles. The van der Waals surface area contributed by atoms with Crippen molar-refractivity contribution >= 4 is 22.4 Å². The molecule has 0 aliphatic carbocycles. The van der Waals surface area contributed by atoms with Crippen LogP contribution in [0.4, 0.5) is 5.13 Å². The van der Waals surface area contributed by atoms with E-state index in [9.17, 15) is 4.79 Å². The Labute approximate surface area is 172 Å². The lowest BCUT2D eigenvalue weighted by Crippen LogP contribution is -2.12. The zero-order chi connectivity index (χ0) is 20.2. The number of carbonyl (C=O) groups is 1. The number of thiazole rings is 1. The molecule has 2 aromatic carbocycles. The molecule has 0 unspecified atom stereocenters. The van der Waals surface area contributed by atoms with Gasteiger partial charge in [-0.3, -0.25) is 10.1 Å². The Morgan fingerprint density at radius 3 is 2.72 bits per heavy atom. The minimum absolute atomic E-state index is 0.206. The van der Waals surface area contributed by atoms with Crippen LogP contribution in [0.25, 0.3) is 22.0 Å². The number of aryl methyl sites for hydroxylation is 1. The van der Waals surface area contributed by atoms with Crippen LogP contribution < -0.4 is 5.32 Å². The van der Waals surface area contributed by atoms with Crippen molar-refractivity contribution < 1.29 is 9.53 Å². The van der Waals surface area contributed by atoms with Gasteiger partial charge < -0.3 is 9.30 Å². The summed E-state index contributed by atoms with van der Waals surface area (Å²) in [7, 11) is 3.57. The van der Waals surface area contributed by atoms with E-state index < -0.39 is 0 Å². The topological polar surface area (TPSA) is 69.0 Å². The second-order valence-corrected chi connectivity index (χ2v) is 7.51. The number of nitrogens with zero attached hydrogens (tertiary/aromatic N) is 3. The Hall–Kier alpha value is -3.29. The fourth-order valence-electron chi connectivity index (χ4n) is 3.04. The van der Waals surface area contributed by atoms with Crippen LogP contribution >= 0.6 is 11.3 Å². The molecule has 0 fully saturated rings. The number of hydrogen-bond donors (Lipinski definition) is 1. The first-order chi connectivity index (χ1) is 14.2. The third-order valence-electron chi connectivity index (χ3n) is 4.42. The molecule has 4 aromatic rings. The van der Waals surface area contributed by atoms with E-state index in [0.29, 0.717) is 17.3 Å². The van der Waals surface area contributed by atoms with Crippen LogP contribution in [0.2, 0.25) is 0 Å². The minimum atomic E-state index is -0.206.